The van der Waals surface area contributed by atoms with E-state index in [-0.39, 0.29) is 15.7 Å². The summed E-state index contributed by atoms with van der Waals surface area (Å²) in [4.78, 5) is 13.7. The smallest absolute Gasteiger partial charge is 0.263 e. The summed E-state index contributed by atoms with van der Waals surface area (Å²) >= 11 is 7.68. The molecule has 21 heavy (non-hydrogen) atoms. The van der Waals surface area contributed by atoms with Crippen molar-refractivity contribution in [1.29, 1.82) is 0 Å². The van der Waals surface area contributed by atoms with E-state index in [0.29, 0.717) is 0 Å². The van der Waals surface area contributed by atoms with Gasteiger partial charge in [0.25, 0.3) is 15.7 Å². The van der Waals surface area contributed by atoms with Crippen LogP contribution in [-0.4, -0.2) is 18.3 Å². The normalized spacial score (nSPS) is 11.1. The molecule has 0 aliphatic rings. The van der Waals surface area contributed by atoms with E-state index in [0.717, 1.165) is 15.7 Å². The largest absolute Gasteiger partial charge is 0.289 e. The standard InChI is InChI=1S/C11H7ClIN3O4S/c12-9-3-2-8(5-10(9)16(17)18)21(19,20)15-11-4-1-7(13)6-14-11/h1-6H,(H,14,15). The van der Waals surface area contributed by atoms with Crippen LogP contribution in [0.25, 0.3) is 0 Å². The lowest BCUT2D eigenvalue weighted by atomic mass is 10.3. The Labute approximate surface area is 138 Å². The van der Waals surface area contributed by atoms with Crippen LogP contribution in [0.2, 0.25) is 5.02 Å². The lowest BCUT2D eigenvalue weighted by Gasteiger charge is -2.07. The van der Waals surface area contributed by atoms with Crippen molar-refractivity contribution in [1.82, 2.24) is 4.98 Å². The summed E-state index contributed by atoms with van der Waals surface area (Å²) in [6, 6.07) is 6.41. The van der Waals surface area contributed by atoms with Gasteiger partial charge in [0, 0.05) is 15.8 Å². The number of rotatable bonds is 4. The third kappa shape index (κ3) is 3.80. The van der Waals surface area contributed by atoms with Gasteiger partial charge in [-0.15, -0.1) is 0 Å². The number of sulfonamides is 1. The molecular weight excluding hydrogens is 433 g/mol. The van der Waals surface area contributed by atoms with E-state index in [1.807, 2.05) is 22.6 Å². The number of hydrogen-bond donors (Lipinski definition) is 1. The van der Waals surface area contributed by atoms with Crippen molar-refractivity contribution < 1.29 is 13.3 Å². The number of benzene rings is 1. The van der Waals surface area contributed by atoms with E-state index >= 15 is 0 Å². The molecule has 1 aromatic heterocycles. The summed E-state index contributed by atoms with van der Waals surface area (Å²) in [5, 5.41) is 10.7. The monoisotopic (exact) mass is 439 g/mol. The molecule has 0 bridgehead atoms. The zero-order valence-electron chi connectivity index (χ0n) is 10.2. The Morgan fingerprint density at radius 2 is 2.00 bits per heavy atom. The predicted octanol–water partition coefficient (Wildman–Crippen LogP) is 3.05. The van der Waals surface area contributed by atoms with Crippen molar-refractivity contribution in [3.05, 3.63) is 55.2 Å². The second-order valence-corrected chi connectivity index (χ2v) is 7.17. The van der Waals surface area contributed by atoms with Crippen molar-refractivity contribution in [3.63, 3.8) is 0 Å². The lowest BCUT2D eigenvalue weighted by molar-refractivity contribution is -0.384. The molecule has 0 radical (unpaired) electrons. The molecule has 0 spiro atoms. The highest BCUT2D eigenvalue weighted by Crippen LogP contribution is 2.27. The maximum absolute atomic E-state index is 12.2. The molecule has 1 aromatic carbocycles. The molecule has 2 rings (SSSR count). The third-order valence-electron chi connectivity index (χ3n) is 2.39. The van der Waals surface area contributed by atoms with E-state index in [1.54, 1.807) is 6.07 Å². The van der Waals surface area contributed by atoms with E-state index < -0.39 is 20.6 Å². The summed E-state index contributed by atoms with van der Waals surface area (Å²) in [5.74, 6) is 0.119. The van der Waals surface area contributed by atoms with Crippen LogP contribution in [0.4, 0.5) is 11.5 Å². The Morgan fingerprint density at radius 3 is 2.57 bits per heavy atom. The zero-order valence-corrected chi connectivity index (χ0v) is 13.9. The van der Waals surface area contributed by atoms with Gasteiger partial charge in [-0.05, 0) is 46.9 Å². The molecule has 7 nitrogen and oxygen atoms in total. The maximum atomic E-state index is 12.2. The van der Waals surface area contributed by atoms with Gasteiger partial charge in [-0.3, -0.25) is 14.8 Å². The molecule has 0 amide bonds. The van der Waals surface area contributed by atoms with Gasteiger partial charge >= 0.3 is 0 Å². The van der Waals surface area contributed by atoms with Gasteiger partial charge in [0.15, 0.2) is 0 Å². The molecule has 10 heteroatoms. The van der Waals surface area contributed by atoms with Crippen LogP contribution in [-0.2, 0) is 10.0 Å². The SMILES string of the molecule is O=[N+]([O-])c1cc(S(=O)(=O)Nc2ccc(I)cn2)ccc1Cl. The van der Waals surface area contributed by atoms with Gasteiger partial charge in [-0.2, -0.15) is 0 Å². The van der Waals surface area contributed by atoms with E-state index in [4.69, 9.17) is 11.6 Å². The first-order valence-electron chi connectivity index (χ1n) is 5.38. The van der Waals surface area contributed by atoms with Crippen molar-refractivity contribution in [3.8, 4) is 0 Å². The number of nitrogens with one attached hydrogen (secondary N) is 1. The fourth-order valence-electron chi connectivity index (χ4n) is 1.43. The summed E-state index contributed by atoms with van der Waals surface area (Å²) in [7, 11) is -3.98. The topological polar surface area (TPSA) is 102 Å². The number of aromatic nitrogens is 1. The van der Waals surface area contributed by atoms with Crippen LogP contribution in [0.1, 0.15) is 0 Å². The van der Waals surface area contributed by atoms with Gasteiger partial charge in [-0.25, -0.2) is 13.4 Å². The number of hydrogen-bond acceptors (Lipinski definition) is 5. The van der Waals surface area contributed by atoms with E-state index in [2.05, 4.69) is 9.71 Å². The fraction of sp³-hybridized carbons (Fsp3) is 0. The Kier molecular flexibility index (Phi) is 4.64. The molecule has 0 aliphatic heterocycles. The predicted molar refractivity (Wildman–Crippen MR) is 85.9 cm³/mol. The van der Waals surface area contributed by atoms with Crippen LogP contribution in [0.15, 0.2) is 41.4 Å². The minimum Gasteiger partial charge on any atom is -0.263 e. The fourth-order valence-corrected chi connectivity index (χ4v) is 2.97. The first-order valence-corrected chi connectivity index (χ1v) is 8.32. The molecule has 0 atom stereocenters. The number of nitro benzene ring substituents is 1. The van der Waals surface area contributed by atoms with Gasteiger partial charge in [0.05, 0.1) is 9.82 Å². The van der Waals surface area contributed by atoms with Crippen LogP contribution in [0, 0.1) is 13.7 Å². The second kappa shape index (κ2) is 6.12. The van der Waals surface area contributed by atoms with E-state index in [1.165, 1.54) is 18.3 Å². The van der Waals surface area contributed by atoms with Crippen LogP contribution >= 0.6 is 34.2 Å². The molecule has 2 aromatic rings. The first-order chi connectivity index (χ1) is 9.79. The number of pyridine rings is 1. The number of halogens is 2. The van der Waals surface area contributed by atoms with Crippen LogP contribution in [0.3, 0.4) is 0 Å². The first kappa shape index (κ1) is 15.9. The minimum atomic E-state index is -3.98. The van der Waals surface area contributed by atoms with Crippen molar-refractivity contribution in [2.24, 2.45) is 0 Å². The molecular formula is C11H7ClIN3O4S. The Hall–Kier alpha value is -1.46. The highest BCUT2D eigenvalue weighted by Gasteiger charge is 2.21. The quantitative estimate of drug-likeness (QED) is 0.448. The summed E-state index contributed by atoms with van der Waals surface area (Å²) < 4.78 is 27.4. The van der Waals surface area contributed by atoms with Gasteiger partial charge < -0.3 is 0 Å². The highest BCUT2D eigenvalue weighted by atomic mass is 127. The molecule has 0 unspecified atom stereocenters. The molecule has 1 heterocycles. The number of nitro groups is 1. The Bertz CT molecular complexity index is 796. The summed E-state index contributed by atoms with van der Waals surface area (Å²) in [6.07, 6.45) is 1.49. The Balaban J connectivity index is 2.38. The second-order valence-electron chi connectivity index (χ2n) is 3.84. The average molecular weight is 440 g/mol. The summed E-state index contributed by atoms with van der Waals surface area (Å²) in [6.45, 7) is 0. The van der Waals surface area contributed by atoms with Crippen LogP contribution in [0.5, 0.6) is 0 Å². The van der Waals surface area contributed by atoms with Crippen molar-refractivity contribution >= 4 is 55.7 Å². The van der Waals surface area contributed by atoms with E-state index in [9.17, 15) is 18.5 Å². The number of anilines is 1. The molecule has 0 saturated heterocycles. The minimum absolute atomic E-state index is 0.119. The Morgan fingerprint density at radius 1 is 1.29 bits per heavy atom. The van der Waals surface area contributed by atoms with Crippen molar-refractivity contribution in [2.75, 3.05) is 4.72 Å². The summed E-state index contributed by atoms with van der Waals surface area (Å²) in [5.41, 5.74) is -0.477. The lowest BCUT2D eigenvalue weighted by Crippen LogP contribution is -2.14. The number of nitrogens with zero attached hydrogens (tertiary/aromatic N) is 2. The van der Waals surface area contributed by atoms with Crippen molar-refractivity contribution in [2.45, 2.75) is 4.90 Å². The van der Waals surface area contributed by atoms with Gasteiger partial charge in [-0.1, -0.05) is 11.6 Å². The molecule has 0 aliphatic carbocycles. The molecule has 110 valence electrons. The average Bonchev–Trinajstić information content (AvgIpc) is 2.41. The maximum Gasteiger partial charge on any atom is 0.289 e. The van der Waals surface area contributed by atoms with Crippen LogP contribution < -0.4 is 4.72 Å². The zero-order chi connectivity index (χ0) is 15.6. The highest BCUT2D eigenvalue weighted by molar-refractivity contribution is 14.1. The van der Waals surface area contributed by atoms with Gasteiger partial charge in [0.2, 0.25) is 0 Å². The molecule has 0 fully saturated rings. The molecule has 0 saturated carbocycles. The van der Waals surface area contributed by atoms with Gasteiger partial charge in [0.1, 0.15) is 10.8 Å². The molecule has 1 N–H and O–H groups in total. The third-order valence-corrected chi connectivity index (χ3v) is 4.70.